The minimum Gasteiger partial charge on any atom is -0.493 e. The highest BCUT2D eigenvalue weighted by Crippen LogP contribution is 2.30. The minimum absolute atomic E-state index is 0.194. The molecule has 2 aromatic rings. The summed E-state index contributed by atoms with van der Waals surface area (Å²) in [6.07, 6.45) is 4.93. The van der Waals surface area contributed by atoms with Crippen LogP contribution < -0.4 is 5.69 Å². The van der Waals surface area contributed by atoms with Crippen LogP contribution >= 0.6 is 0 Å². The summed E-state index contributed by atoms with van der Waals surface area (Å²) in [7, 11) is 0. The Labute approximate surface area is 95.4 Å². The zero-order valence-electron chi connectivity index (χ0n) is 8.64. The first kappa shape index (κ1) is 9.59. The molecule has 3 heterocycles. The highest BCUT2D eigenvalue weighted by molar-refractivity contribution is 6.20. The van der Waals surface area contributed by atoms with Crippen LogP contribution in [0.4, 0.5) is 5.69 Å². The van der Waals surface area contributed by atoms with Gasteiger partial charge >= 0.3 is 5.69 Å². The molecule has 17 heavy (non-hydrogen) atoms. The fourth-order valence-corrected chi connectivity index (χ4v) is 1.68. The Balaban J connectivity index is 2.11. The number of hydrogen-bond acceptors (Lipinski definition) is 4. The summed E-state index contributed by atoms with van der Waals surface area (Å²) in [6, 6.07) is 3.65. The summed E-state index contributed by atoms with van der Waals surface area (Å²) in [6.45, 7) is 0. The number of fused-ring (bicyclic) bond motifs is 1. The summed E-state index contributed by atoms with van der Waals surface area (Å²) in [4.78, 5) is 24.1. The van der Waals surface area contributed by atoms with Crippen molar-refractivity contribution in [1.82, 2.24) is 15.0 Å². The van der Waals surface area contributed by atoms with E-state index in [1.165, 1.54) is 0 Å². The van der Waals surface area contributed by atoms with Gasteiger partial charge in [-0.05, 0) is 18.2 Å². The number of aromatic hydroxyl groups is 1. The summed E-state index contributed by atoms with van der Waals surface area (Å²) in [5.41, 5.74) is 2.11. The van der Waals surface area contributed by atoms with Crippen LogP contribution in [0, 0.1) is 0 Å². The standard InChI is InChI=1S/C11H8N4O2/c16-10-8(14-11(17)15-10)4-6-5-13-7-2-1-3-12-9(6)7/h1-5,16H,(H2,14,15,17). The number of aromatic nitrogens is 3. The average molecular weight is 228 g/mol. The number of imidazole rings is 1. The van der Waals surface area contributed by atoms with E-state index >= 15 is 0 Å². The maximum Gasteiger partial charge on any atom is 0.326 e. The van der Waals surface area contributed by atoms with Crippen molar-refractivity contribution in [2.45, 2.75) is 0 Å². The lowest BCUT2D eigenvalue weighted by molar-refractivity contribution is 0.454. The summed E-state index contributed by atoms with van der Waals surface area (Å²) in [5, 5.41) is 9.44. The third-order valence-electron chi connectivity index (χ3n) is 2.44. The van der Waals surface area contributed by atoms with Gasteiger partial charge in [0, 0.05) is 18.0 Å². The number of rotatable bonds is 1. The average Bonchev–Trinajstić information content (AvgIpc) is 2.85. The monoisotopic (exact) mass is 228 g/mol. The molecule has 0 saturated carbocycles. The Kier molecular flexibility index (Phi) is 1.94. The molecule has 1 aliphatic rings. The second-order valence-electron chi connectivity index (χ2n) is 3.57. The lowest BCUT2D eigenvalue weighted by atomic mass is 10.1. The van der Waals surface area contributed by atoms with Gasteiger partial charge in [-0.15, -0.1) is 0 Å². The third-order valence-corrected chi connectivity index (χ3v) is 2.44. The smallest absolute Gasteiger partial charge is 0.326 e. The van der Waals surface area contributed by atoms with Crippen molar-refractivity contribution in [2.75, 3.05) is 0 Å². The van der Waals surface area contributed by atoms with E-state index < -0.39 is 5.69 Å². The van der Waals surface area contributed by atoms with E-state index in [2.05, 4.69) is 19.9 Å². The maximum atomic E-state index is 11.0. The van der Waals surface area contributed by atoms with Crippen molar-refractivity contribution in [3.05, 3.63) is 40.2 Å². The second kappa shape index (κ2) is 3.44. The van der Waals surface area contributed by atoms with Crippen LogP contribution in [-0.2, 0) is 0 Å². The van der Waals surface area contributed by atoms with Crippen molar-refractivity contribution in [3.63, 3.8) is 0 Å². The summed E-state index contributed by atoms with van der Waals surface area (Å²) in [5.74, 6) is -0.194. The van der Waals surface area contributed by atoms with Crippen LogP contribution in [-0.4, -0.2) is 26.3 Å². The molecule has 0 saturated heterocycles. The van der Waals surface area contributed by atoms with Crippen LogP contribution in [0.5, 0.6) is 5.88 Å². The predicted octanol–water partition coefficient (Wildman–Crippen LogP) is 1.06. The van der Waals surface area contributed by atoms with E-state index in [4.69, 9.17) is 0 Å². The van der Waals surface area contributed by atoms with Crippen LogP contribution in [0.2, 0.25) is 0 Å². The van der Waals surface area contributed by atoms with Gasteiger partial charge in [0.2, 0.25) is 5.88 Å². The van der Waals surface area contributed by atoms with E-state index in [0.717, 1.165) is 17.0 Å². The lowest BCUT2D eigenvalue weighted by Gasteiger charge is -1.96. The number of hydrogen-bond donors (Lipinski definition) is 3. The van der Waals surface area contributed by atoms with E-state index in [9.17, 15) is 9.90 Å². The Hall–Kier alpha value is -2.63. The van der Waals surface area contributed by atoms with Gasteiger partial charge in [0.05, 0.1) is 11.4 Å². The number of H-pyrrole nitrogens is 2. The Morgan fingerprint density at radius 1 is 1.35 bits per heavy atom. The van der Waals surface area contributed by atoms with Crippen LogP contribution in [0.25, 0.3) is 11.6 Å². The van der Waals surface area contributed by atoms with E-state index in [1.807, 2.05) is 6.07 Å². The van der Waals surface area contributed by atoms with Crippen LogP contribution in [0.1, 0.15) is 11.4 Å². The third kappa shape index (κ3) is 1.55. The molecular formula is C11H8N4O2. The first-order valence-corrected chi connectivity index (χ1v) is 4.96. The molecule has 3 rings (SSSR count). The molecule has 0 aliphatic carbocycles. The number of pyridine rings is 1. The molecule has 6 nitrogen and oxygen atoms in total. The fraction of sp³-hybridized carbons (Fsp3) is 0. The molecule has 1 aliphatic heterocycles. The Morgan fingerprint density at radius 2 is 2.24 bits per heavy atom. The first-order chi connectivity index (χ1) is 8.24. The molecule has 0 bridgehead atoms. The van der Waals surface area contributed by atoms with Crippen LogP contribution in [0.3, 0.4) is 0 Å². The molecule has 2 aromatic heterocycles. The van der Waals surface area contributed by atoms with Crippen molar-refractivity contribution in [3.8, 4) is 5.88 Å². The molecular weight excluding hydrogens is 220 g/mol. The lowest BCUT2D eigenvalue weighted by Crippen LogP contribution is -2.00. The number of allylic oxidation sites excluding steroid dienone is 1. The molecule has 0 spiro atoms. The van der Waals surface area contributed by atoms with Gasteiger partial charge in [-0.25, -0.2) is 4.79 Å². The van der Waals surface area contributed by atoms with Gasteiger partial charge < -0.3 is 10.1 Å². The van der Waals surface area contributed by atoms with Crippen molar-refractivity contribution in [1.29, 1.82) is 0 Å². The molecule has 84 valence electrons. The second-order valence-corrected chi connectivity index (χ2v) is 3.57. The van der Waals surface area contributed by atoms with Crippen molar-refractivity contribution in [2.24, 2.45) is 4.99 Å². The van der Waals surface area contributed by atoms with Gasteiger partial charge in [0.15, 0.2) is 0 Å². The highest BCUT2D eigenvalue weighted by atomic mass is 16.3. The topological polar surface area (TPSA) is 94.1 Å². The van der Waals surface area contributed by atoms with E-state index in [1.54, 1.807) is 24.6 Å². The van der Waals surface area contributed by atoms with Gasteiger partial charge in [-0.3, -0.25) is 15.0 Å². The molecule has 0 radical (unpaired) electrons. The van der Waals surface area contributed by atoms with Crippen LogP contribution in [0.15, 0.2) is 28.1 Å². The first-order valence-electron chi connectivity index (χ1n) is 4.96. The molecule has 0 amide bonds. The SMILES string of the molecule is O=c1[nH]c(O)c(C=C2C=Nc3cccnc32)[nH]1. The Morgan fingerprint density at radius 3 is 3.00 bits per heavy atom. The molecule has 0 aromatic carbocycles. The highest BCUT2D eigenvalue weighted by Gasteiger charge is 2.14. The van der Waals surface area contributed by atoms with Gasteiger partial charge in [-0.1, -0.05) is 0 Å². The zero-order valence-corrected chi connectivity index (χ0v) is 8.64. The number of aromatic amines is 2. The molecule has 0 atom stereocenters. The number of nitrogens with one attached hydrogen (secondary N) is 2. The number of aliphatic imine (C=N–C) groups is 1. The summed E-state index contributed by atoms with van der Waals surface area (Å²) >= 11 is 0. The normalized spacial score (nSPS) is 15.4. The molecule has 0 unspecified atom stereocenters. The molecule has 0 fully saturated rings. The Bertz CT molecular complexity index is 693. The summed E-state index contributed by atoms with van der Waals surface area (Å²) < 4.78 is 0. The van der Waals surface area contributed by atoms with Gasteiger partial charge in [0.25, 0.3) is 0 Å². The van der Waals surface area contributed by atoms with E-state index in [-0.39, 0.29) is 5.88 Å². The maximum absolute atomic E-state index is 11.0. The fourth-order valence-electron chi connectivity index (χ4n) is 1.68. The van der Waals surface area contributed by atoms with Crippen molar-refractivity contribution >= 4 is 23.6 Å². The van der Waals surface area contributed by atoms with Gasteiger partial charge in [0.1, 0.15) is 5.69 Å². The van der Waals surface area contributed by atoms with Gasteiger partial charge in [-0.2, -0.15) is 0 Å². The quantitative estimate of drug-likeness (QED) is 0.681. The largest absolute Gasteiger partial charge is 0.493 e. The van der Waals surface area contributed by atoms with E-state index in [0.29, 0.717) is 5.69 Å². The number of nitrogens with zero attached hydrogens (tertiary/aromatic N) is 2. The molecule has 3 N–H and O–H groups in total. The molecule has 6 heteroatoms. The minimum atomic E-state index is -0.453. The zero-order chi connectivity index (χ0) is 11.8. The van der Waals surface area contributed by atoms with Crippen molar-refractivity contribution < 1.29 is 5.11 Å². The predicted molar refractivity (Wildman–Crippen MR) is 63.3 cm³/mol.